The number of hydrogen-bond acceptors (Lipinski definition) is 7. The fourth-order valence-electron chi connectivity index (χ4n) is 2.93. The highest BCUT2D eigenvalue weighted by molar-refractivity contribution is 5.76. The third-order valence-corrected chi connectivity index (χ3v) is 4.18. The predicted molar refractivity (Wildman–Crippen MR) is 101 cm³/mol. The summed E-state index contributed by atoms with van der Waals surface area (Å²) in [7, 11) is 1.47. The van der Waals surface area contributed by atoms with E-state index in [2.05, 4.69) is 5.32 Å². The van der Waals surface area contributed by atoms with Crippen LogP contribution in [-0.4, -0.2) is 119 Å². The van der Waals surface area contributed by atoms with E-state index in [1.54, 1.807) is 14.7 Å². The highest BCUT2D eigenvalue weighted by Crippen LogP contribution is 2.11. The molecule has 1 unspecified atom stereocenters. The van der Waals surface area contributed by atoms with Gasteiger partial charge in [-0.15, -0.1) is 0 Å². The molecule has 11 heteroatoms. The molecule has 0 aromatic rings. The van der Waals surface area contributed by atoms with E-state index in [1.807, 2.05) is 13.8 Å². The van der Waals surface area contributed by atoms with Crippen LogP contribution in [0.4, 0.5) is 0 Å². The van der Waals surface area contributed by atoms with Gasteiger partial charge in [0, 0.05) is 52.2 Å². The lowest BCUT2D eigenvalue weighted by molar-refractivity contribution is -0.141. The summed E-state index contributed by atoms with van der Waals surface area (Å²) in [5.41, 5.74) is 0. The minimum atomic E-state index is -1.07. The van der Waals surface area contributed by atoms with Gasteiger partial charge >= 0.3 is 17.9 Å². The van der Waals surface area contributed by atoms with E-state index in [1.165, 1.54) is 7.05 Å². The van der Waals surface area contributed by atoms with E-state index in [4.69, 9.17) is 10.2 Å². The van der Waals surface area contributed by atoms with Gasteiger partial charge in [0.15, 0.2) is 0 Å². The second-order valence-corrected chi connectivity index (χ2v) is 6.19. The van der Waals surface area contributed by atoms with Crippen molar-refractivity contribution in [3.05, 3.63) is 0 Å². The van der Waals surface area contributed by atoms with Crippen LogP contribution in [0.2, 0.25) is 0 Å². The lowest BCUT2D eigenvalue weighted by Crippen LogP contribution is -2.49. The Labute approximate surface area is 164 Å². The smallest absolute Gasteiger partial charge is 0.317 e. The number of carbonyl (C=O) groups is 4. The fraction of sp³-hybridized carbons (Fsp3) is 0.765. The van der Waals surface area contributed by atoms with Gasteiger partial charge in [-0.1, -0.05) is 13.8 Å². The summed E-state index contributed by atoms with van der Waals surface area (Å²) in [4.78, 5) is 50.0. The van der Waals surface area contributed by atoms with Crippen LogP contribution in [-0.2, 0) is 19.2 Å². The Kier molecular flexibility index (Phi) is 12.7. The molecule has 28 heavy (non-hydrogen) atoms. The maximum atomic E-state index is 11.8. The van der Waals surface area contributed by atoms with Crippen molar-refractivity contribution in [2.24, 2.45) is 0 Å². The first kappa shape index (κ1) is 25.8. The molecular formula is C17H32N4O7. The van der Waals surface area contributed by atoms with Crippen molar-refractivity contribution in [1.82, 2.24) is 20.0 Å². The molecule has 162 valence electrons. The molecule has 0 aromatic carbocycles. The van der Waals surface area contributed by atoms with Gasteiger partial charge in [0.2, 0.25) is 5.91 Å². The molecule has 0 radical (unpaired) electrons. The van der Waals surface area contributed by atoms with Crippen LogP contribution in [0.25, 0.3) is 0 Å². The van der Waals surface area contributed by atoms with Crippen LogP contribution in [0.5, 0.6) is 0 Å². The monoisotopic (exact) mass is 404 g/mol. The van der Waals surface area contributed by atoms with Gasteiger partial charge in [-0.05, 0) is 0 Å². The van der Waals surface area contributed by atoms with Crippen molar-refractivity contribution in [1.29, 1.82) is 0 Å². The van der Waals surface area contributed by atoms with Gasteiger partial charge in [0.25, 0.3) is 0 Å². The van der Waals surface area contributed by atoms with Crippen LogP contribution in [0.1, 0.15) is 20.3 Å². The summed E-state index contributed by atoms with van der Waals surface area (Å²) in [6.07, 6.45) is 0.0266. The van der Waals surface area contributed by atoms with E-state index in [0.29, 0.717) is 19.6 Å². The zero-order valence-corrected chi connectivity index (χ0v) is 16.8. The van der Waals surface area contributed by atoms with E-state index in [9.17, 15) is 24.3 Å². The van der Waals surface area contributed by atoms with Gasteiger partial charge in [0.05, 0.1) is 19.6 Å². The van der Waals surface area contributed by atoms with Crippen LogP contribution >= 0.6 is 0 Å². The Bertz CT molecular complexity index is 530. The Hall–Kier alpha value is -2.24. The van der Waals surface area contributed by atoms with Crippen molar-refractivity contribution >= 4 is 23.8 Å². The Morgan fingerprint density at radius 3 is 1.79 bits per heavy atom. The molecule has 1 aliphatic heterocycles. The standard InChI is InChI=1S/C15H26N4O7.C2H6/c1-16-12(20)6-11-7-18(9-14(23)24)3-2-17(8-13(21)22)4-5-19(11)10-15(25)26;1-2/h11H,2-10H2,1H3,(H,16,20)(H,21,22)(H,23,24)(H,25,26);1-2H3. The van der Waals surface area contributed by atoms with Crippen molar-refractivity contribution in [3.8, 4) is 0 Å². The number of rotatable bonds is 8. The minimum Gasteiger partial charge on any atom is -0.480 e. The average Bonchev–Trinajstić information content (AvgIpc) is 2.68. The minimum absolute atomic E-state index is 0.0266. The molecule has 1 atom stereocenters. The van der Waals surface area contributed by atoms with Crippen molar-refractivity contribution in [3.63, 3.8) is 0 Å². The molecule has 0 bridgehead atoms. The Morgan fingerprint density at radius 1 is 0.821 bits per heavy atom. The Morgan fingerprint density at radius 2 is 1.29 bits per heavy atom. The quantitative estimate of drug-likeness (QED) is 0.384. The summed E-state index contributed by atoms with van der Waals surface area (Å²) < 4.78 is 0. The first-order valence-corrected chi connectivity index (χ1v) is 9.26. The summed E-state index contributed by atoms with van der Waals surface area (Å²) in [5.74, 6) is -3.40. The number of amides is 1. The highest BCUT2D eigenvalue weighted by atomic mass is 16.4. The molecule has 1 heterocycles. The maximum Gasteiger partial charge on any atom is 0.317 e. The first-order chi connectivity index (χ1) is 13.2. The van der Waals surface area contributed by atoms with Gasteiger partial charge < -0.3 is 20.6 Å². The molecule has 1 rings (SSSR count). The molecule has 0 spiro atoms. The van der Waals surface area contributed by atoms with E-state index in [0.717, 1.165) is 0 Å². The fourth-order valence-corrected chi connectivity index (χ4v) is 2.93. The number of carboxylic acid groups (broad SMARTS) is 3. The van der Waals surface area contributed by atoms with Crippen molar-refractivity contribution in [2.45, 2.75) is 26.3 Å². The number of aliphatic carboxylic acids is 3. The van der Waals surface area contributed by atoms with E-state index >= 15 is 0 Å². The molecule has 1 fully saturated rings. The third-order valence-electron chi connectivity index (χ3n) is 4.18. The summed E-state index contributed by atoms with van der Waals surface area (Å²) in [6, 6.07) is -0.491. The Balaban J connectivity index is 0.00000352. The lowest BCUT2D eigenvalue weighted by Gasteiger charge is -2.32. The second kappa shape index (κ2) is 13.9. The largest absolute Gasteiger partial charge is 0.480 e. The van der Waals surface area contributed by atoms with Crippen LogP contribution in [0, 0.1) is 0 Å². The number of carbonyl (C=O) groups excluding carboxylic acids is 1. The number of nitrogens with one attached hydrogen (secondary N) is 1. The third kappa shape index (κ3) is 10.8. The molecule has 1 aliphatic rings. The second-order valence-electron chi connectivity index (χ2n) is 6.19. The van der Waals surface area contributed by atoms with Crippen LogP contribution in [0.3, 0.4) is 0 Å². The molecule has 0 saturated carbocycles. The normalized spacial score (nSPS) is 19.3. The highest BCUT2D eigenvalue weighted by Gasteiger charge is 2.28. The number of nitrogens with zero attached hydrogens (tertiary/aromatic N) is 3. The SMILES string of the molecule is CC.CNC(=O)CC1CN(CC(=O)O)CCN(CC(=O)O)CCN1CC(=O)O. The predicted octanol–water partition coefficient (Wildman–Crippen LogP) is -1.31. The van der Waals surface area contributed by atoms with Gasteiger partial charge in [-0.25, -0.2) is 0 Å². The first-order valence-electron chi connectivity index (χ1n) is 9.26. The summed E-state index contributed by atoms with van der Waals surface area (Å²) in [6.45, 7) is 4.62. The molecule has 0 aromatic heterocycles. The van der Waals surface area contributed by atoms with Gasteiger partial charge in [-0.3, -0.25) is 33.9 Å². The van der Waals surface area contributed by atoms with E-state index in [-0.39, 0.29) is 45.1 Å². The van der Waals surface area contributed by atoms with Gasteiger partial charge in [0.1, 0.15) is 0 Å². The zero-order valence-electron chi connectivity index (χ0n) is 16.8. The lowest BCUT2D eigenvalue weighted by atomic mass is 10.1. The molecule has 1 saturated heterocycles. The van der Waals surface area contributed by atoms with Crippen molar-refractivity contribution in [2.75, 3.05) is 59.4 Å². The summed E-state index contributed by atoms with van der Waals surface area (Å²) in [5, 5.41) is 29.8. The molecule has 4 N–H and O–H groups in total. The molecule has 1 amide bonds. The van der Waals surface area contributed by atoms with Crippen LogP contribution < -0.4 is 5.32 Å². The molecule has 0 aliphatic carbocycles. The maximum absolute atomic E-state index is 11.8. The topological polar surface area (TPSA) is 151 Å². The van der Waals surface area contributed by atoms with Crippen molar-refractivity contribution < 1.29 is 34.5 Å². The van der Waals surface area contributed by atoms with E-state index < -0.39 is 23.9 Å². The number of carboxylic acids is 3. The molecular weight excluding hydrogens is 372 g/mol. The zero-order chi connectivity index (χ0) is 21.7. The summed E-state index contributed by atoms with van der Waals surface area (Å²) >= 11 is 0. The average molecular weight is 404 g/mol. The number of hydrogen-bond donors (Lipinski definition) is 4. The van der Waals surface area contributed by atoms with Gasteiger partial charge in [-0.2, -0.15) is 0 Å². The molecule has 11 nitrogen and oxygen atoms in total. The van der Waals surface area contributed by atoms with Crippen LogP contribution in [0.15, 0.2) is 0 Å².